The summed E-state index contributed by atoms with van der Waals surface area (Å²) in [7, 11) is 0. The highest BCUT2D eigenvalue weighted by Crippen LogP contribution is 2.43. The molecule has 10 nitrogen and oxygen atoms in total. The van der Waals surface area contributed by atoms with Crippen LogP contribution in [0.2, 0.25) is 0 Å². The maximum atomic E-state index is 11.6. The molecule has 2 fully saturated rings. The Morgan fingerprint density at radius 2 is 2.09 bits per heavy atom. The second-order valence-corrected chi connectivity index (χ2v) is 11.0. The Morgan fingerprint density at radius 1 is 1.29 bits per heavy atom. The molecule has 0 spiro atoms. The number of aromatic amines is 2. The maximum Gasteiger partial charge on any atom is 0.326 e. The Hall–Kier alpha value is -2.89. The van der Waals surface area contributed by atoms with Crippen LogP contribution in [0.25, 0.3) is 11.7 Å². The Morgan fingerprint density at radius 3 is 2.80 bits per heavy atom. The van der Waals surface area contributed by atoms with Gasteiger partial charge in [-0.15, -0.1) is 11.8 Å². The number of morpholine rings is 1. The third-order valence-corrected chi connectivity index (χ3v) is 7.77. The standard InChI is InChI=1S/C24H29N7O3S/c1-13-10-30(11-14(2)34-13)12-17-5-6-20(35-17)18-8-21(26-16-3-4-16)31-22(27-18)15(9-25-31)7-19-23(32)29-24(33)28-19/h5,7-9,13-14,16,20,32H,3-4,6,10-12H2,1-2H3,(H2,28,29,33). The molecule has 1 aliphatic carbocycles. The van der Waals surface area contributed by atoms with E-state index in [1.165, 1.54) is 4.91 Å². The van der Waals surface area contributed by atoms with E-state index in [1.807, 2.05) is 11.8 Å². The van der Waals surface area contributed by atoms with Crippen molar-refractivity contribution in [1.82, 2.24) is 29.5 Å². The normalized spacial score (nSPS) is 26.7. The van der Waals surface area contributed by atoms with E-state index in [-0.39, 0.29) is 23.3 Å². The van der Waals surface area contributed by atoms with E-state index in [4.69, 9.17) is 14.7 Å². The minimum atomic E-state index is -0.465. The number of rotatable bonds is 5. The number of H-pyrrole nitrogens is 2. The van der Waals surface area contributed by atoms with E-state index >= 15 is 0 Å². The van der Waals surface area contributed by atoms with E-state index in [2.05, 4.69) is 46.0 Å². The van der Waals surface area contributed by atoms with Crippen LogP contribution in [-0.4, -0.2) is 72.5 Å². The summed E-state index contributed by atoms with van der Waals surface area (Å²) in [6.07, 6.45) is 9.31. The number of hydrogen-bond donors (Lipinski definition) is 3. The molecule has 3 aromatic heterocycles. The maximum absolute atomic E-state index is 11.6. The van der Waals surface area contributed by atoms with Crippen molar-refractivity contribution < 1.29 is 9.84 Å². The molecule has 0 bridgehead atoms. The highest BCUT2D eigenvalue weighted by Gasteiger charge is 2.27. The highest BCUT2D eigenvalue weighted by atomic mass is 32.2. The zero-order valence-electron chi connectivity index (χ0n) is 19.8. The average molecular weight is 496 g/mol. The fourth-order valence-electron chi connectivity index (χ4n) is 4.81. The monoisotopic (exact) mass is 495 g/mol. The third-order valence-electron chi connectivity index (χ3n) is 6.45. The number of imidazole rings is 1. The van der Waals surface area contributed by atoms with Crippen molar-refractivity contribution in [2.45, 2.75) is 56.6 Å². The van der Waals surface area contributed by atoms with Gasteiger partial charge in [0.1, 0.15) is 5.69 Å². The van der Waals surface area contributed by atoms with Crippen molar-refractivity contribution in [2.75, 3.05) is 19.6 Å². The van der Waals surface area contributed by atoms with Gasteiger partial charge in [0.25, 0.3) is 0 Å². The van der Waals surface area contributed by atoms with Gasteiger partial charge in [-0.3, -0.25) is 14.9 Å². The summed E-state index contributed by atoms with van der Waals surface area (Å²) < 4.78 is 7.63. The van der Waals surface area contributed by atoms with Gasteiger partial charge in [0.2, 0.25) is 5.88 Å². The molecule has 3 unspecified atom stereocenters. The predicted octanol–water partition coefficient (Wildman–Crippen LogP) is 1.23. The summed E-state index contributed by atoms with van der Waals surface area (Å²) >= 11 is 1.87. The van der Waals surface area contributed by atoms with Crippen LogP contribution in [0.4, 0.5) is 0 Å². The van der Waals surface area contributed by atoms with Gasteiger partial charge < -0.3 is 14.8 Å². The molecule has 0 aromatic carbocycles. The first-order chi connectivity index (χ1) is 16.9. The quantitative estimate of drug-likeness (QED) is 0.486. The van der Waals surface area contributed by atoms with Crippen molar-refractivity contribution in [3.05, 3.63) is 55.8 Å². The fourth-order valence-corrected chi connectivity index (χ4v) is 6.06. The molecule has 184 valence electrons. The first kappa shape index (κ1) is 22.6. The van der Waals surface area contributed by atoms with Crippen LogP contribution < -0.4 is 16.4 Å². The lowest BCUT2D eigenvalue weighted by atomic mass is 10.2. The number of aromatic hydroxyl groups is 1. The molecule has 2 aliphatic heterocycles. The number of hydrogen-bond acceptors (Lipinski definition) is 8. The van der Waals surface area contributed by atoms with E-state index in [0.29, 0.717) is 22.6 Å². The number of aromatic nitrogens is 5. The molecule has 6 rings (SSSR count). The molecule has 3 atom stereocenters. The van der Waals surface area contributed by atoms with Crippen LogP contribution >= 0.6 is 11.8 Å². The van der Waals surface area contributed by atoms with Crippen molar-refractivity contribution in [2.24, 2.45) is 4.99 Å². The zero-order chi connectivity index (χ0) is 24.1. The first-order valence-corrected chi connectivity index (χ1v) is 13.0. The lowest BCUT2D eigenvalue weighted by molar-refractivity contribution is -0.0648. The minimum Gasteiger partial charge on any atom is -0.493 e. The van der Waals surface area contributed by atoms with Gasteiger partial charge in [0.05, 0.1) is 35.4 Å². The van der Waals surface area contributed by atoms with Gasteiger partial charge in [-0.05, 0) is 44.1 Å². The number of ether oxygens (including phenoxy) is 1. The summed E-state index contributed by atoms with van der Waals surface area (Å²) in [5, 5.41) is 15.4. The molecular weight excluding hydrogens is 466 g/mol. The molecular formula is C24H29N7O3S. The lowest BCUT2D eigenvalue weighted by Crippen LogP contribution is -2.45. The number of thioether (sulfide) groups is 1. The van der Waals surface area contributed by atoms with Crippen LogP contribution in [-0.2, 0) is 4.74 Å². The molecule has 1 saturated carbocycles. The van der Waals surface area contributed by atoms with Crippen LogP contribution in [0.1, 0.15) is 49.7 Å². The Bertz CT molecular complexity index is 1460. The van der Waals surface area contributed by atoms with Crippen molar-refractivity contribution in [1.29, 1.82) is 0 Å². The molecule has 1 saturated heterocycles. The van der Waals surface area contributed by atoms with Gasteiger partial charge in [-0.25, -0.2) is 9.78 Å². The average Bonchev–Trinajstić information content (AvgIpc) is 3.18. The summed E-state index contributed by atoms with van der Waals surface area (Å²) in [4.78, 5) is 30.2. The molecule has 3 N–H and O–H groups in total. The summed E-state index contributed by atoms with van der Waals surface area (Å²) in [6.45, 7) is 7.10. The SMILES string of the molecule is CC1CN(CC2=CCC(c3cc(=NC4CC4)n4ncc(=Cc5[nH]c(=O)[nH]c5O)c4n3)S2)CC(C)O1. The summed E-state index contributed by atoms with van der Waals surface area (Å²) in [5.41, 5.74) is 2.26. The van der Waals surface area contributed by atoms with Gasteiger partial charge >= 0.3 is 5.69 Å². The van der Waals surface area contributed by atoms with Crippen LogP contribution in [0, 0.1) is 0 Å². The molecule has 5 heterocycles. The van der Waals surface area contributed by atoms with Crippen LogP contribution in [0.5, 0.6) is 5.88 Å². The molecule has 0 amide bonds. The second kappa shape index (κ2) is 8.96. The molecule has 35 heavy (non-hydrogen) atoms. The smallest absolute Gasteiger partial charge is 0.326 e. The Kier molecular flexibility index (Phi) is 5.78. The number of fused-ring (bicyclic) bond motifs is 1. The van der Waals surface area contributed by atoms with E-state index in [0.717, 1.165) is 50.1 Å². The summed E-state index contributed by atoms with van der Waals surface area (Å²) in [6, 6.07) is 2.40. The number of nitrogens with one attached hydrogen (secondary N) is 2. The van der Waals surface area contributed by atoms with E-state index in [9.17, 15) is 9.90 Å². The predicted molar refractivity (Wildman–Crippen MR) is 133 cm³/mol. The number of allylic oxidation sites excluding steroid dienone is 1. The van der Waals surface area contributed by atoms with E-state index < -0.39 is 5.69 Å². The highest BCUT2D eigenvalue weighted by molar-refractivity contribution is 8.03. The largest absolute Gasteiger partial charge is 0.493 e. The second-order valence-electron chi connectivity index (χ2n) is 9.68. The Labute approximate surface area is 205 Å². The molecule has 0 radical (unpaired) electrons. The minimum absolute atomic E-state index is 0.208. The third kappa shape index (κ3) is 4.80. The van der Waals surface area contributed by atoms with Crippen molar-refractivity contribution >= 4 is 23.5 Å². The van der Waals surface area contributed by atoms with Gasteiger partial charge in [-0.2, -0.15) is 9.61 Å². The topological polar surface area (TPSA) is 124 Å². The van der Waals surface area contributed by atoms with E-state index in [1.54, 1.807) is 16.8 Å². The first-order valence-electron chi connectivity index (χ1n) is 12.1. The fraction of sp³-hybridized carbons (Fsp3) is 0.500. The van der Waals surface area contributed by atoms with Crippen molar-refractivity contribution in [3.63, 3.8) is 0 Å². The molecule has 3 aromatic rings. The lowest BCUT2D eigenvalue weighted by Gasteiger charge is -2.35. The molecule has 11 heteroatoms. The molecule has 3 aliphatic rings. The van der Waals surface area contributed by atoms with Crippen molar-refractivity contribution in [3.8, 4) is 5.88 Å². The summed E-state index contributed by atoms with van der Waals surface area (Å²) in [5.74, 6) is -0.208. The van der Waals surface area contributed by atoms with Gasteiger partial charge in [0.15, 0.2) is 11.1 Å². The van der Waals surface area contributed by atoms with Crippen LogP contribution in [0.3, 0.4) is 0 Å². The van der Waals surface area contributed by atoms with Gasteiger partial charge in [-0.1, -0.05) is 6.08 Å². The van der Waals surface area contributed by atoms with Crippen LogP contribution in [0.15, 0.2) is 33.0 Å². The Balaban J connectivity index is 1.32. The number of nitrogens with zero attached hydrogens (tertiary/aromatic N) is 5. The van der Waals surface area contributed by atoms with Gasteiger partial charge in [0, 0.05) is 30.9 Å². The zero-order valence-corrected chi connectivity index (χ0v) is 20.6.